The van der Waals surface area contributed by atoms with Gasteiger partial charge in [-0.1, -0.05) is 12.1 Å². The Morgan fingerprint density at radius 2 is 2.07 bits per heavy atom. The van der Waals surface area contributed by atoms with Gasteiger partial charge in [-0.25, -0.2) is 15.0 Å². The number of H-pyrrole nitrogens is 1. The highest BCUT2D eigenvalue weighted by Gasteiger charge is 2.23. The van der Waals surface area contributed by atoms with Crippen molar-refractivity contribution in [3.8, 4) is 22.9 Å². The molecule has 8 nitrogen and oxygen atoms in total. The van der Waals surface area contributed by atoms with Crippen LogP contribution >= 0.6 is 0 Å². The third kappa shape index (κ3) is 3.97. The van der Waals surface area contributed by atoms with Gasteiger partial charge in [0.2, 0.25) is 0 Å². The lowest BCUT2D eigenvalue weighted by Crippen LogP contribution is -2.35. The first kappa shape index (κ1) is 19.1. The van der Waals surface area contributed by atoms with Gasteiger partial charge in [-0.2, -0.15) is 0 Å². The largest absolute Gasteiger partial charge is 0.493 e. The summed E-state index contributed by atoms with van der Waals surface area (Å²) in [5.41, 5.74) is 3.19. The molecule has 0 aliphatic carbocycles. The lowest BCUT2D eigenvalue weighted by molar-refractivity contribution is 0.232. The molecule has 4 rings (SSSR count). The molecule has 0 saturated heterocycles. The second-order valence-corrected chi connectivity index (χ2v) is 6.81. The zero-order chi connectivity index (χ0) is 20.2. The van der Waals surface area contributed by atoms with Crippen molar-refractivity contribution in [2.45, 2.75) is 26.4 Å². The first-order valence-electron chi connectivity index (χ1n) is 9.58. The van der Waals surface area contributed by atoms with Crippen molar-refractivity contribution in [3.05, 3.63) is 64.1 Å². The van der Waals surface area contributed by atoms with Crippen LogP contribution in [0.5, 0.6) is 11.5 Å². The SMILES string of the molecule is CCOc1c(CN2CCc3c(nc(-c4cncnc4)[nH]c3=O)C2)cccc1OC. The monoisotopic (exact) mass is 393 g/mol. The van der Waals surface area contributed by atoms with Gasteiger partial charge in [0.25, 0.3) is 5.56 Å². The van der Waals surface area contributed by atoms with E-state index in [1.54, 1.807) is 19.5 Å². The molecule has 0 radical (unpaired) electrons. The fraction of sp³-hybridized carbons (Fsp3) is 0.333. The molecule has 29 heavy (non-hydrogen) atoms. The standard InChI is InChI=1S/C21H23N5O3/c1-3-29-19-14(5-4-6-18(19)28-2)11-26-8-7-16-17(12-26)24-20(25-21(16)27)15-9-22-13-23-10-15/h4-6,9-10,13H,3,7-8,11-12H2,1-2H3,(H,24,25,27). The molecule has 3 heterocycles. The third-order valence-electron chi connectivity index (χ3n) is 4.95. The van der Waals surface area contributed by atoms with Gasteiger partial charge in [0.05, 0.1) is 25.0 Å². The molecule has 1 aromatic carbocycles. The van der Waals surface area contributed by atoms with E-state index >= 15 is 0 Å². The van der Waals surface area contributed by atoms with Crippen LogP contribution in [0, 0.1) is 0 Å². The van der Waals surface area contributed by atoms with E-state index < -0.39 is 0 Å². The van der Waals surface area contributed by atoms with Gasteiger partial charge in [0, 0.05) is 43.2 Å². The average Bonchev–Trinajstić information content (AvgIpc) is 2.75. The minimum Gasteiger partial charge on any atom is -0.493 e. The van der Waals surface area contributed by atoms with Crippen LogP contribution in [0.4, 0.5) is 0 Å². The van der Waals surface area contributed by atoms with Crippen LogP contribution in [0.3, 0.4) is 0 Å². The summed E-state index contributed by atoms with van der Waals surface area (Å²) in [6.45, 7) is 4.56. The van der Waals surface area contributed by atoms with E-state index in [4.69, 9.17) is 14.5 Å². The highest BCUT2D eigenvalue weighted by Crippen LogP contribution is 2.32. The van der Waals surface area contributed by atoms with Crippen molar-refractivity contribution < 1.29 is 9.47 Å². The van der Waals surface area contributed by atoms with E-state index in [1.165, 1.54) is 6.33 Å². The lowest BCUT2D eigenvalue weighted by atomic mass is 10.0. The van der Waals surface area contributed by atoms with E-state index in [9.17, 15) is 4.79 Å². The fourth-order valence-electron chi connectivity index (χ4n) is 3.58. The van der Waals surface area contributed by atoms with E-state index in [0.29, 0.717) is 37.5 Å². The molecular weight excluding hydrogens is 370 g/mol. The lowest BCUT2D eigenvalue weighted by Gasteiger charge is -2.28. The van der Waals surface area contributed by atoms with Crippen LogP contribution in [-0.2, 0) is 19.5 Å². The maximum Gasteiger partial charge on any atom is 0.254 e. The molecule has 0 unspecified atom stereocenters. The minimum atomic E-state index is -0.0927. The van der Waals surface area contributed by atoms with Crippen LogP contribution in [-0.4, -0.2) is 45.1 Å². The normalized spacial score (nSPS) is 13.7. The number of rotatable bonds is 6. The molecule has 2 aromatic heterocycles. The Hall–Kier alpha value is -3.26. The highest BCUT2D eigenvalue weighted by molar-refractivity contribution is 5.52. The molecule has 0 bridgehead atoms. The summed E-state index contributed by atoms with van der Waals surface area (Å²) in [6.07, 6.45) is 5.38. The average molecular weight is 393 g/mol. The number of aromatic nitrogens is 4. The first-order valence-corrected chi connectivity index (χ1v) is 9.58. The van der Waals surface area contributed by atoms with Crippen molar-refractivity contribution in [1.29, 1.82) is 0 Å². The number of para-hydroxylation sites is 1. The van der Waals surface area contributed by atoms with Crippen molar-refractivity contribution in [3.63, 3.8) is 0 Å². The van der Waals surface area contributed by atoms with Gasteiger partial charge >= 0.3 is 0 Å². The van der Waals surface area contributed by atoms with Crippen LogP contribution in [0.1, 0.15) is 23.7 Å². The Morgan fingerprint density at radius 3 is 2.83 bits per heavy atom. The van der Waals surface area contributed by atoms with Gasteiger partial charge in [0.1, 0.15) is 12.2 Å². The van der Waals surface area contributed by atoms with E-state index in [0.717, 1.165) is 34.9 Å². The van der Waals surface area contributed by atoms with Crippen molar-refractivity contribution in [1.82, 2.24) is 24.8 Å². The van der Waals surface area contributed by atoms with Crippen molar-refractivity contribution in [2.75, 3.05) is 20.3 Å². The zero-order valence-electron chi connectivity index (χ0n) is 16.5. The second-order valence-electron chi connectivity index (χ2n) is 6.81. The van der Waals surface area contributed by atoms with Gasteiger partial charge < -0.3 is 14.5 Å². The first-order chi connectivity index (χ1) is 14.2. The van der Waals surface area contributed by atoms with Crippen LogP contribution in [0.15, 0.2) is 41.7 Å². The molecule has 150 valence electrons. The molecule has 0 spiro atoms. The summed E-state index contributed by atoms with van der Waals surface area (Å²) in [6, 6.07) is 5.90. The predicted octanol–water partition coefficient (Wildman–Crippen LogP) is 2.19. The number of aromatic amines is 1. The molecule has 3 aromatic rings. The molecule has 0 amide bonds. The highest BCUT2D eigenvalue weighted by atomic mass is 16.5. The summed E-state index contributed by atoms with van der Waals surface area (Å²) in [7, 11) is 1.64. The number of nitrogens with zero attached hydrogens (tertiary/aromatic N) is 4. The Labute approximate surface area is 168 Å². The van der Waals surface area contributed by atoms with Crippen molar-refractivity contribution >= 4 is 0 Å². The molecule has 1 N–H and O–H groups in total. The number of nitrogens with one attached hydrogen (secondary N) is 1. The van der Waals surface area contributed by atoms with E-state index in [1.807, 2.05) is 25.1 Å². The van der Waals surface area contributed by atoms with Gasteiger partial charge in [-0.05, 0) is 19.4 Å². The van der Waals surface area contributed by atoms with Gasteiger partial charge in [-0.15, -0.1) is 0 Å². The molecular formula is C21H23N5O3. The fourth-order valence-corrected chi connectivity index (χ4v) is 3.58. The maximum atomic E-state index is 12.6. The number of fused-ring (bicyclic) bond motifs is 1. The number of benzene rings is 1. The predicted molar refractivity (Wildman–Crippen MR) is 108 cm³/mol. The van der Waals surface area contributed by atoms with Crippen LogP contribution in [0.25, 0.3) is 11.4 Å². The summed E-state index contributed by atoms with van der Waals surface area (Å²) in [5.74, 6) is 1.99. The number of hydrogen-bond acceptors (Lipinski definition) is 7. The number of methoxy groups -OCH3 is 1. The maximum absolute atomic E-state index is 12.6. The Balaban J connectivity index is 1.61. The quantitative estimate of drug-likeness (QED) is 0.686. The Kier molecular flexibility index (Phi) is 5.53. The molecule has 0 atom stereocenters. The van der Waals surface area contributed by atoms with Gasteiger partial charge in [0.15, 0.2) is 11.5 Å². The molecule has 0 saturated carbocycles. The number of ether oxygens (including phenoxy) is 2. The Bertz CT molecular complexity index is 1050. The topological polar surface area (TPSA) is 93.2 Å². The summed E-state index contributed by atoms with van der Waals surface area (Å²) in [5, 5.41) is 0. The summed E-state index contributed by atoms with van der Waals surface area (Å²) in [4.78, 5) is 30.4. The number of hydrogen-bond donors (Lipinski definition) is 1. The molecule has 1 aliphatic heterocycles. The second kappa shape index (κ2) is 8.40. The van der Waals surface area contributed by atoms with Crippen LogP contribution < -0.4 is 15.0 Å². The van der Waals surface area contributed by atoms with Crippen molar-refractivity contribution in [2.24, 2.45) is 0 Å². The molecule has 1 aliphatic rings. The summed E-state index contributed by atoms with van der Waals surface area (Å²) < 4.78 is 11.3. The zero-order valence-corrected chi connectivity index (χ0v) is 16.5. The molecule has 8 heteroatoms. The Morgan fingerprint density at radius 1 is 1.24 bits per heavy atom. The van der Waals surface area contributed by atoms with Crippen LogP contribution in [0.2, 0.25) is 0 Å². The van der Waals surface area contributed by atoms with E-state index in [-0.39, 0.29) is 5.56 Å². The summed E-state index contributed by atoms with van der Waals surface area (Å²) >= 11 is 0. The third-order valence-corrected chi connectivity index (χ3v) is 4.95. The minimum absolute atomic E-state index is 0.0927. The van der Waals surface area contributed by atoms with E-state index in [2.05, 4.69) is 19.9 Å². The smallest absolute Gasteiger partial charge is 0.254 e. The van der Waals surface area contributed by atoms with Gasteiger partial charge in [-0.3, -0.25) is 9.69 Å². The molecule has 0 fully saturated rings.